The Morgan fingerprint density at radius 1 is 1.11 bits per heavy atom. The molecule has 0 radical (unpaired) electrons. The Morgan fingerprint density at radius 3 is 2.70 bits per heavy atom. The van der Waals surface area contributed by atoms with Gasteiger partial charge in [0.05, 0.1) is 17.6 Å². The predicted molar refractivity (Wildman–Crippen MR) is 105 cm³/mol. The van der Waals surface area contributed by atoms with E-state index in [4.69, 9.17) is 10.5 Å². The molecule has 4 rings (SSSR count). The first-order valence-corrected chi connectivity index (χ1v) is 8.63. The highest BCUT2D eigenvalue weighted by Gasteiger charge is 2.17. The van der Waals surface area contributed by atoms with Crippen molar-refractivity contribution in [2.24, 2.45) is 0 Å². The molecule has 2 N–H and O–H groups in total. The van der Waals surface area contributed by atoms with Gasteiger partial charge in [0.2, 0.25) is 0 Å². The fourth-order valence-corrected chi connectivity index (χ4v) is 3.12. The van der Waals surface area contributed by atoms with E-state index in [0.717, 1.165) is 22.2 Å². The van der Waals surface area contributed by atoms with Crippen LogP contribution in [0.25, 0.3) is 27.8 Å². The Hall–Kier alpha value is -3.67. The van der Waals surface area contributed by atoms with Gasteiger partial charge in [-0.25, -0.2) is 14.8 Å². The number of nitrogen functional groups attached to an aromatic ring is 1. The second kappa shape index (κ2) is 6.92. The smallest absolute Gasteiger partial charge is 0.338 e. The third kappa shape index (κ3) is 3.01. The molecule has 0 bridgehead atoms. The van der Waals surface area contributed by atoms with E-state index < -0.39 is 0 Å². The van der Waals surface area contributed by atoms with E-state index in [1.165, 1.54) is 6.33 Å². The molecule has 0 saturated carbocycles. The number of nitrogens with zero attached hydrogens (tertiary/aromatic N) is 3. The Bertz CT molecular complexity index is 1120. The summed E-state index contributed by atoms with van der Waals surface area (Å²) < 4.78 is 7.02. The quantitative estimate of drug-likeness (QED) is 0.560. The van der Waals surface area contributed by atoms with Crippen LogP contribution in [0.15, 0.2) is 67.1 Å². The third-order valence-corrected chi connectivity index (χ3v) is 4.33. The van der Waals surface area contributed by atoms with Crippen molar-refractivity contribution in [3.8, 4) is 16.8 Å². The molecule has 2 aromatic heterocycles. The maximum absolute atomic E-state index is 12.1. The van der Waals surface area contributed by atoms with Gasteiger partial charge in [-0.3, -0.25) is 0 Å². The van der Waals surface area contributed by atoms with Crippen LogP contribution < -0.4 is 5.73 Å². The number of nitrogens with two attached hydrogens (primary N) is 1. The molecule has 27 heavy (non-hydrogen) atoms. The summed E-state index contributed by atoms with van der Waals surface area (Å²) in [5, 5.41) is 0.783. The normalized spacial score (nSPS) is 10.9. The lowest BCUT2D eigenvalue weighted by Gasteiger charge is -2.07. The topological polar surface area (TPSA) is 83.0 Å². The SMILES string of the molecule is CCOC(=O)c1cccc(-n2cc(-c3ccccc3)c3c(N)ncnc32)c1. The van der Waals surface area contributed by atoms with Crippen molar-refractivity contribution in [1.82, 2.24) is 14.5 Å². The molecular formula is C21H18N4O2. The van der Waals surface area contributed by atoms with Crippen LogP contribution in [0.5, 0.6) is 0 Å². The maximum atomic E-state index is 12.1. The molecule has 134 valence electrons. The van der Waals surface area contributed by atoms with Gasteiger partial charge in [0.1, 0.15) is 12.1 Å². The number of benzene rings is 2. The molecule has 0 atom stereocenters. The molecule has 6 nitrogen and oxygen atoms in total. The van der Waals surface area contributed by atoms with Gasteiger partial charge < -0.3 is 15.0 Å². The number of aromatic nitrogens is 3. The monoisotopic (exact) mass is 358 g/mol. The van der Waals surface area contributed by atoms with Gasteiger partial charge in [0.15, 0.2) is 5.65 Å². The van der Waals surface area contributed by atoms with Gasteiger partial charge in [-0.05, 0) is 30.7 Å². The van der Waals surface area contributed by atoms with Crippen LogP contribution in [0.3, 0.4) is 0 Å². The predicted octanol–water partition coefficient (Wildman–Crippen LogP) is 3.85. The Morgan fingerprint density at radius 2 is 1.93 bits per heavy atom. The fraction of sp³-hybridized carbons (Fsp3) is 0.0952. The molecule has 2 aromatic carbocycles. The zero-order valence-electron chi connectivity index (χ0n) is 14.8. The Labute approximate surface area is 156 Å². The standard InChI is InChI=1S/C21H18N4O2/c1-2-27-21(26)15-9-6-10-16(11-15)25-12-17(14-7-4-3-5-8-14)18-19(22)23-13-24-20(18)25/h3-13H,2H2,1H3,(H2,22,23,24). The van der Waals surface area contributed by atoms with E-state index in [-0.39, 0.29) is 5.97 Å². The number of carbonyl (C=O) groups excluding carboxylic acids is 1. The summed E-state index contributed by atoms with van der Waals surface area (Å²) in [5.74, 6) is 0.0624. The van der Waals surface area contributed by atoms with Crippen molar-refractivity contribution in [3.05, 3.63) is 72.7 Å². The molecule has 0 aliphatic rings. The van der Waals surface area contributed by atoms with Crippen LogP contribution in [-0.2, 0) is 4.74 Å². The van der Waals surface area contributed by atoms with E-state index in [1.54, 1.807) is 19.1 Å². The second-order valence-corrected chi connectivity index (χ2v) is 6.01. The first-order chi connectivity index (χ1) is 13.2. The summed E-state index contributed by atoms with van der Waals surface area (Å²) in [6, 6.07) is 17.2. The van der Waals surface area contributed by atoms with Gasteiger partial charge in [0, 0.05) is 17.4 Å². The average Bonchev–Trinajstić information content (AvgIpc) is 3.10. The summed E-state index contributed by atoms with van der Waals surface area (Å²) in [7, 11) is 0. The lowest BCUT2D eigenvalue weighted by molar-refractivity contribution is 0.0526. The van der Waals surface area contributed by atoms with Crippen LogP contribution in [0.1, 0.15) is 17.3 Å². The number of hydrogen-bond donors (Lipinski definition) is 1. The molecule has 4 aromatic rings. The van der Waals surface area contributed by atoms with E-state index >= 15 is 0 Å². The third-order valence-electron chi connectivity index (χ3n) is 4.33. The largest absolute Gasteiger partial charge is 0.462 e. The van der Waals surface area contributed by atoms with Crippen LogP contribution in [0, 0.1) is 0 Å². The van der Waals surface area contributed by atoms with Gasteiger partial charge >= 0.3 is 5.97 Å². The zero-order valence-corrected chi connectivity index (χ0v) is 14.8. The van der Waals surface area contributed by atoms with Crippen LogP contribution >= 0.6 is 0 Å². The average molecular weight is 358 g/mol. The Kier molecular flexibility index (Phi) is 4.30. The van der Waals surface area contributed by atoms with E-state index in [0.29, 0.717) is 23.6 Å². The van der Waals surface area contributed by atoms with Crippen LogP contribution in [-0.4, -0.2) is 27.1 Å². The molecule has 0 spiro atoms. The van der Waals surface area contributed by atoms with Crippen molar-refractivity contribution in [2.75, 3.05) is 12.3 Å². The lowest BCUT2D eigenvalue weighted by Crippen LogP contribution is -2.05. The highest BCUT2D eigenvalue weighted by Crippen LogP contribution is 2.34. The molecule has 0 fully saturated rings. The first-order valence-electron chi connectivity index (χ1n) is 8.63. The van der Waals surface area contributed by atoms with Gasteiger partial charge in [-0.2, -0.15) is 0 Å². The number of anilines is 1. The van der Waals surface area contributed by atoms with Crippen molar-refractivity contribution in [3.63, 3.8) is 0 Å². The molecular weight excluding hydrogens is 340 g/mol. The maximum Gasteiger partial charge on any atom is 0.338 e. The highest BCUT2D eigenvalue weighted by atomic mass is 16.5. The van der Waals surface area contributed by atoms with Crippen molar-refractivity contribution >= 4 is 22.8 Å². The molecule has 0 aliphatic heterocycles. The minimum atomic E-state index is -0.353. The minimum absolute atomic E-state index is 0.331. The molecule has 0 amide bonds. The van der Waals surface area contributed by atoms with Crippen molar-refractivity contribution < 1.29 is 9.53 Å². The van der Waals surface area contributed by atoms with Gasteiger partial charge in [-0.1, -0.05) is 36.4 Å². The minimum Gasteiger partial charge on any atom is -0.462 e. The van der Waals surface area contributed by atoms with Crippen molar-refractivity contribution in [1.29, 1.82) is 0 Å². The lowest BCUT2D eigenvalue weighted by atomic mass is 10.1. The van der Waals surface area contributed by atoms with Crippen LogP contribution in [0.4, 0.5) is 5.82 Å². The number of carbonyl (C=O) groups is 1. The highest BCUT2D eigenvalue weighted by molar-refractivity contribution is 6.01. The van der Waals surface area contributed by atoms with Crippen molar-refractivity contribution in [2.45, 2.75) is 6.92 Å². The van der Waals surface area contributed by atoms with E-state index in [1.807, 2.05) is 53.2 Å². The molecule has 6 heteroatoms. The summed E-state index contributed by atoms with van der Waals surface area (Å²) in [5.41, 5.74) is 10.1. The van der Waals surface area contributed by atoms with Gasteiger partial charge in [-0.15, -0.1) is 0 Å². The second-order valence-electron chi connectivity index (χ2n) is 6.01. The summed E-state index contributed by atoms with van der Waals surface area (Å²) in [6.07, 6.45) is 3.41. The Balaban J connectivity index is 1.93. The number of rotatable bonds is 4. The molecule has 0 unspecified atom stereocenters. The number of ether oxygens (including phenoxy) is 1. The number of esters is 1. The first kappa shape index (κ1) is 16.8. The summed E-state index contributed by atoms with van der Waals surface area (Å²) in [6.45, 7) is 2.12. The summed E-state index contributed by atoms with van der Waals surface area (Å²) >= 11 is 0. The molecule has 0 saturated heterocycles. The molecule has 0 aliphatic carbocycles. The van der Waals surface area contributed by atoms with E-state index in [2.05, 4.69) is 9.97 Å². The van der Waals surface area contributed by atoms with Gasteiger partial charge in [0.25, 0.3) is 0 Å². The number of fused-ring (bicyclic) bond motifs is 1. The van der Waals surface area contributed by atoms with Crippen LogP contribution in [0.2, 0.25) is 0 Å². The fourth-order valence-electron chi connectivity index (χ4n) is 3.12. The van der Waals surface area contributed by atoms with E-state index in [9.17, 15) is 4.79 Å². The zero-order chi connectivity index (χ0) is 18.8. The number of hydrogen-bond acceptors (Lipinski definition) is 5. The molecule has 2 heterocycles. The summed E-state index contributed by atoms with van der Waals surface area (Å²) in [4.78, 5) is 20.7.